The third-order valence-electron chi connectivity index (χ3n) is 3.10. The van der Waals surface area contributed by atoms with Crippen molar-refractivity contribution in [2.75, 3.05) is 18.6 Å². The Hall–Kier alpha value is 0.270. The first-order valence-electron chi connectivity index (χ1n) is 6.12. The van der Waals surface area contributed by atoms with Gasteiger partial charge >= 0.3 is 0 Å². The Labute approximate surface area is 98.5 Å². The van der Waals surface area contributed by atoms with Gasteiger partial charge in [-0.1, -0.05) is 6.92 Å². The van der Waals surface area contributed by atoms with Crippen LogP contribution in [0.2, 0.25) is 0 Å². The second kappa shape index (κ2) is 7.53. The monoisotopic (exact) mass is 231 g/mol. The predicted molar refractivity (Wildman–Crippen MR) is 68.6 cm³/mol. The zero-order valence-electron chi connectivity index (χ0n) is 10.3. The number of hydrogen-bond donors (Lipinski definition) is 1. The van der Waals surface area contributed by atoms with Gasteiger partial charge in [-0.15, -0.1) is 0 Å². The Bertz CT molecular complexity index is 166. The molecule has 0 saturated carbocycles. The van der Waals surface area contributed by atoms with E-state index < -0.39 is 0 Å². The summed E-state index contributed by atoms with van der Waals surface area (Å²) in [6.45, 7) is 5.45. The maximum absolute atomic E-state index is 5.68. The first-order valence-corrected chi connectivity index (χ1v) is 7.52. The van der Waals surface area contributed by atoms with Crippen molar-refractivity contribution in [3.8, 4) is 0 Å². The van der Waals surface area contributed by atoms with Crippen LogP contribution in [0.15, 0.2) is 0 Å². The highest BCUT2D eigenvalue weighted by atomic mass is 32.2. The minimum Gasteiger partial charge on any atom is -0.378 e. The summed E-state index contributed by atoms with van der Waals surface area (Å²) in [7, 11) is 0. The summed E-state index contributed by atoms with van der Waals surface area (Å²) in [5, 5.41) is 3.72. The van der Waals surface area contributed by atoms with Crippen molar-refractivity contribution >= 4 is 11.8 Å². The molecule has 0 aromatic heterocycles. The van der Waals surface area contributed by atoms with E-state index in [1.54, 1.807) is 0 Å². The van der Waals surface area contributed by atoms with E-state index in [0.29, 0.717) is 18.2 Å². The molecule has 1 rings (SSSR count). The number of thioether (sulfide) groups is 1. The second-order valence-corrected chi connectivity index (χ2v) is 5.46. The van der Waals surface area contributed by atoms with Crippen molar-refractivity contribution in [3.05, 3.63) is 0 Å². The van der Waals surface area contributed by atoms with Crippen LogP contribution in [-0.4, -0.2) is 36.8 Å². The normalized spacial score (nSPS) is 29.0. The van der Waals surface area contributed by atoms with Crippen LogP contribution in [-0.2, 0) is 4.74 Å². The van der Waals surface area contributed by atoms with Crippen LogP contribution in [0.5, 0.6) is 0 Å². The third kappa shape index (κ3) is 5.23. The number of ether oxygens (including phenoxy) is 1. The highest BCUT2D eigenvalue weighted by Crippen LogP contribution is 2.17. The van der Waals surface area contributed by atoms with Crippen LogP contribution in [0, 0.1) is 0 Å². The van der Waals surface area contributed by atoms with E-state index in [2.05, 4.69) is 25.4 Å². The summed E-state index contributed by atoms with van der Waals surface area (Å²) in [5.74, 6) is 1.26. The Morgan fingerprint density at radius 2 is 2.33 bits per heavy atom. The van der Waals surface area contributed by atoms with Gasteiger partial charge in [-0.25, -0.2) is 0 Å². The molecule has 1 fully saturated rings. The molecule has 15 heavy (non-hydrogen) atoms. The molecule has 3 heteroatoms. The van der Waals surface area contributed by atoms with Gasteiger partial charge in [0.25, 0.3) is 0 Å². The van der Waals surface area contributed by atoms with Gasteiger partial charge in [0, 0.05) is 18.7 Å². The van der Waals surface area contributed by atoms with Crippen LogP contribution in [0.4, 0.5) is 0 Å². The molecule has 90 valence electrons. The summed E-state index contributed by atoms with van der Waals surface area (Å²) in [6, 6.07) is 1.33. The van der Waals surface area contributed by atoms with Crippen LogP contribution in [0.25, 0.3) is 0 Å². The lowest BCUT2D eigenvalue weighted by molar-refractivity contribution is -0.00163. The van der Waals surface area contributed by atoms with Gasteiger partial charge in [-0.2, -0.15) is 11.8 Å². The van der Waals surface area contributed by atoms with Gasteiger partial charge in [-0.3, -0.25) is 0 Å². The quantitative estimate of drug-likeness (QED) is 0.759. The topological polar surface area (TPSA) is 21.3 Å². The highest BCUT2D eigenvalue weighted by Gasteiger charge is 2.21. The zero-order chi connectivity index (χ0) is 11.1. The molecule has 3 atom stereocenters. The largest absolute Gasteiger partial charge is 0.378 e. The van der Waals surface area contributed by atoms with E-state index in [-0.39, 0.29) is 0 Å². The molecule has 1 N–H and O–H groups in total. The molecule has 3 unspecified atom stereocenters. The Morgan fingerprint density at radius 1 is 1.53 bits per heavy atom. The molecule has 1 heterocycles. The SMILES string of the molecule is CCC1CC(NC(C)CCSC)CCO1. The molecule has 0 amide bonds. The van der Waals surface area contributed by atoms with Gasteiger partial charge in [0.2, 0.25) is 0 Å². The van der Waals surface area contributed by atoms with Crippen LogP contribution >= 0.6 is 11.8 Å². The molecular formula is C12H25NOS. The number of nitrogens with one attached hydrogen (secondary N) is 1. The molecule has 0 aromatic carbocycles. The first-order chi connectivity index (χ1) is 7.26. The second-order valence-electron chi connectivity index (χ2n) is 4.47. The summed E-state index contributed by atoms with van der Waals surface area (Å²) in [4.78, 5) is 0. The molecule has 1 aliphatic heterocycles. The fourth-order valence-corrected chi connectivity index (χ4v) is 2.69. The average Bonchev–Trinajstić information content (AvgIpc) is 2.26. The Morgan fingerprint density at radius 3 is 3.00 bits per heavy atom. The van der Waals surface area contributed by atoms with E-state index >= 15 is 0 Å². The maximum atomic E-state index is 5.68. The summed E-state index contributed by atoms with van der Waals surface area (Å²) in [6.07, 6.45) is 7.46. The molecular weight excluding hydrogens is 206 g/mol. The lowest BCUT2D eigenvalue weighted by atomic mass is 10.0. The van der Waals surface area contributed by atoms with Gasteiger partial charge in [0.15, 0.2) is 0 Å². The van der Waals surface area contributed by atoms with Crippen molar-refractivity contribution in [1.82, 2.24) is 5.32 Å². The molecule has 1 aliphatic rings. The minimum absolute atomic E-state index is 0.490. The van der Waals surface area contributed by atoms with E-state index in [1.807, 2.05) is 11.8 Å². The van der Waals surface area contributed by atoms with Gasteiger partial charge in [0.1, 0.15) is 0 Å². The molecule has 0 radical (unpaired) electrons. The smallest absolute Gasteiger partial charge is 0.0587 e. The lowest BCUT2D eigenvalue weighted by Gasteiger charge is -2.31. The Balaban J connectivity index is 2.19. The predicted octanol–water partition coefficient (Wildman–Crippen LogP) is 2.68. The number of rotatable bonds is 6. The van der Waals surface area contributed by atoms with Crippen LogP contribution in [0.3, 0.4) is 0 Å². The van der Waals surface area contributed by atoms with Crippen LogP contribution < -0.4 is 5.32 Å². The third-order valence-corrected chi connectivity index (χ3v) is 3.74. The highest BCUT2D eigenvalue weighted by molar-refractivity contribution is 7.98. The van der Waals surface area contributed by atoms with Crippen LogP contribution in [0.1, 0.15) is 39.5 Å². The summed E-state index contributed by atoms with van der Waals surface area (Å²) >= 11 is 1.93. The molecule has 0 bridgehead atoms. The van der Waals surface area contributed by atoms with Crippen molar-refractivity contribution in [1.29, 1.82) is 0 Å². The van der Waals surface area contributed by atoms with Crippen molar-refractivity contribution in [2.24, 2.45) is 0 Å². The minimum atomic E-state index is 0.490. The van der Waals surface area contributed by atoms with Crippen molar-refractivity contribution in [3.63, 3.8) is 0 Å². The van der Waals surface area contributed by atoms with E-state index in [1.165, 1.54) is 25.0 Å². The fourth-order valence-electron chi connectivity index (χ4n) is 2.10. The van der Waals surface area contributed by atoms with Crippen molar-refractivity contribution in [2.45, 2.75) is 57.7 Å². The first kappa shape index (κ1) is 13.3. The average molecular weight is 231 g/mol. The standard InChI is InChI=1S/C12H25NOS/c1-4-12-9-11(5-7-14-12)13-10(2)6-8-15-3/h10-13H,4-9H2,1-3H3. The van der Waals surface area contributed by atoms with E-state index in [0.717, 1.165) is 13.0 Å². The summed E-state index contributed by atoms with van der Waals surface area (Å²) < 4.78 is 5.68. The number of hydrogen-bond acceptors (Lipinski definition) is 3. The molecule has 2 nitrogen and oxygen atoms in total. The van der Waals surface area contributed by atoms with Gasteiger partial charge < -0.3 is 10.1 Å². The van der Waals surface area contributed by atoms with E-state index in [4.69, 9.17) is 4.74 Å². The molecule has 0 aliphatic carbocycles. The lowest BCUT2D eigenvalue weighted by Crippen LogP contribution is -2.43. The maximum Gasteiger partial charge on any atom is 0.0587 e. The summed E-state index contributed by atoms with van der Waals surface area (Å²) in [5.41, 5.74) is 0. The zero-order valence-corrected chi connectivity index (χ0v) is 11.1. The fraction of sp³-hybridized carbons (Fsp3) is 1.00. The molecule has 0 spiro atoms. The molecule has 0 aromatic rings. The van der Waals surface area contributed by atoms with Gasteiger partial charge in [0.05, 0.1) is 6.10 Å². The van der Waals surface area contributed by atoms with Crippen molar-refractivity contribution < 1.29 is 4.74 Å². The molecule has 1 saturated heterocycles. The Kier molecular flexibility index (Phi) is 6.69. The van der Waals surface area contributed by atoms with E-state index in [9.17, 15) is 0 Å². The van der Waals surface area contributed by atoms with Gasteiger partial charge in [-0.05, 0) is 44.6 Å².